The molecule has 1 amide bonds. The highest BCUT2D eigenvalue weighted by Gasteiger charge is 2.48. The van der Waals surface area contributed by atoms with Crippen molar-refractivity contribution in [3.63, 3.8) is 0 Å². The number of likely N-dealkylation sites (tertiary alicyclic amines) is 1. The monoisotopic (exact) mass is 518 g/mol. The number of hydrogen-bond donors (Lipinski definition) is 3. The number of carbonyl (C=O) groups excluding carboxylic acids is 1. The molecule has 1 unspecified atom stereocenters. The second-order valence-corrected chi connectivity index (χ2v) is 9.52. The van der Waals surface area contributed by atoms with E-state index in [1.165, 1.54) is 4.90 Å². The van der Waals surface area contributed by atoms with Crippen LogP contribution in [0.3, 0.4) is 0 Å². The molecule has 4 aromatic rings. The normalized spacial score (nSPS) is 22.9. The summed E-state index contributed by atoms with van der Waals surface area (Å²) in [6.07, 6.45) is 4.63. The van der Waals surface area contributed by atoms with Gasteiger partial charge in [-0.2, -0.15) is 5.10 Å². The number of amides is 1. The lowest BCUT2D eigenvalue weighted by Gasteiger charge is -2.31. The molecule has 0 spiro atoms. The van der Waals surface area contributed by atoms with E-state index in [1.807, 2.05) is 6.07 Å². The van der Waals surface area contributed by atoms with Gasteiger partial charge in [0, 0.05) is 32.3 Å². The molecule has 2 aliphatic rings. The average molecular weight is 519 g/mol. The maximum absolute atomic E-state index is 12.4. The maximum Gasteiger partial charge on any atom is 0.262 e. The van der Waals surface area contributed by atoms with Crippen molar-refractivity contribution in [1.82, 2.24) is 34.8 Å². The minimum atomic E-state index is -1.72. The minimum Gasteiger partial charge on any atom is -0.491 e. The third kappa shape index (κ3) is 4.15. The summed E-state index contributed by atoms with van der Waals surface area (Å²) in [5.41, 5.74) is 0.281. The van der Waals surface area contributed by atoms with E-state index in [0.717, 1.165) is 0 Å². The lowest BCUT2D eigenvalue weighted by atomic mass is 9.90. The zero-order chi connectivity index (χ0) is 26.4. The Labute approximate surface area is 217 Å². The molecule has 4 aromatic heterocycles. The Balaban J connectivity index is 1.24. The van der Waals surface area contributed by atoms with Gasteiger partial charge in [0.25, 0.3) is 5.91 Å². The van der Waals surface area contributed by atoms with Crippen molar-refractivity contribution in [1.29, 1.82) is 0 Å². The molecule has 196 valence electrons. The van der Waals surface area contributed by atoms with E-state index in [2.05, 4.69) is 30.5 Å². The van der Waals surface area contributed by atoms with Gasteiger partial charge in [0.2, 0.25) is 11.5 Å². The number of aromatic nitrogens is 6. The van der Waals surface area contributed by atoms with Gasteiger partial charge in [0.1, 0.15) is 5.69 Å². The Morgan fingerprint density at radius 1 is 1.16 bits per heavy atom. The molecule has 1 aliphatic heterocycles. The number of aliphatic hydroxyl groups excluding tert-OH is 1. The van der Waals surface area contributed by atoms with Gasteiger partial charge in [-0.1, -0.05) is 11.2 Å². The highest BCUT2D eigenvalue weighted by atomic mass is 16.5. The van der Waals surface area contributed by atoms with Crippen LogP contribution in [-0.4, -0.2) is 77.7 Å². The molecule has 2 fully saturated rings. The Hall–Kier alpha value is -4.36. The average Bonchev–Trinajstić information content (AvgIpc) is 3.63. The summed E-state index contributed by atoms with van der Waals surface area (Å²) in [6.45, 7) is 0.430. The molecule has 3 N–H and O–H groups in total. The molecule has 1 saturated heterocycles. The van der Waals surface area contributed by atoms with E-state index in [1.54, 1.807) is 55.5 Å². The Morgan fingerprint density at radius 2 is 1.92 bits per heavy atom. The van der Waals surface area contributed by atoms with Crippen LogP contribution in [0.1, 0.15) is 31.1 Å². The van der Waals surface area contributed by atoms with Crippen molar-refractivity contribution in [2.75, 3.05) is 26.0 Å². The third-order valence-corrected chi connectivity index (χ3v) is 6.97. The van der Waals surface area contributed by atoms with Crippen LogP contribution in [0.25, 0.3) is 22.8 Å². The lowest BCUT2D eigenvalue weighted by molar-refractivity contribution is -0.144. The quantitative estimate of drug-likeness (QED) is 0.327. The highest BCUT2D eigenvalue weighted by Crippen LogP contribution is 2.36. The molecule has 6 rings (SSSR count). The number of aliphatic hydroxyl groups is 2. The molecule has 1 aliphatic carbocycles. The van der Waals surface area contributed by atoms with Crippen molar-refractivity contribution in [2.45, 2.75) is 37.0 Å². The first-order valence-electron chi connectivity index (χ1n) is 12.2. The lowest BCUT2D eigenvalue weighted by Crippen LogP contribution is -2.35. The van der Waals surface area contributed by atoms with Gasteiger partial charge < -0.3 is 29.7 Å². The zero-order valence-corrected chi connectivity index (χ0v) is 20.8. The standard InChI is InChI=1S/C25H26N8O5/c1-32-9-7-25(36,23(32)35)21-12-19(31-38-21)17-5-3-4-16(27-17)18-6-8-26-24(28-18)29-22-20(37-2)13-33(30-22)14-10-15(34)11-14/h3-6,8,12-15,34,36H,7,9-11H2,1-2H3,(H,26,28,29,30). The number of carbonyl (C=O) groups is 1. The topological polar surface area (TPSA) is 165 Å². The van der Waals surface area contributed by atoms with Crippen LogP contribution < -0.4 is 10.1 Å². The van der Waals surface area contributed by atoms with Gasteiger partial charge in [-0.25, -0.2) is 15.0 Å². The molecule has 13 heteroatoms. The summed E-state index contributed by atoms with van der Waals surface area (Å²) in [7, 11) is 3.19. The number of ether oxygens (including phenoxy) is 1. The fourth-order valence-electron chi connectivity index (χ4n) is 4.63. The van der Waals surface area contributed by atoms with Crippen LogP contribution in [0.2, 0.25) is 0 Å². The highest BCUT2D eigenvalue weighted by molar-refractivity contribution is 5.87. The summed E-state index contributed by atoms with van der Waals surface area (Å²) in [5, 5.41) is 32.2. The predicted octanol–water partition coefficient (Wildman–Crippen LogP) is 1.89. The van der Waals surface area contributed by atoms with Crippen LogP contribution in [0, 0.1) is 0 Å². The largest absolute Gasteiger partial charge is 0.491 e. The summed E-state index contributed by atoms with van der Waals surface area (Å²) < 4.78 is 12.6. The van der Waals surface area contributed by atoms with Gasteiger partial charge in [-0.05, 0) is 31.0 Å². The van der Waals surface area contributed by atoms with E-state index < -0.39 is 11.5 Å². The number of nitrogens with one attached hydrogen (secondary N) is 1. The number of methoxy groups -OCH3 is 1. The maximum atomic E-state index is 12.4. The first-order chi connectivity index (χ1) is 18.3. The number of likely N-dealkylation sites (N-methyl/N-ethyl adjacent to an activating group) is 1. The Morgan fingerprint density at radius 3 is 2.63 bits per heavy atom. The van der Waals surface area contributed by atoms with E-state index >= 15 is 0 Å². The number of rotatable bonds is 7. The third-order valence-electron chi connectivity index (χ3n) is 6.97. The molecular formula is C25H26N8O5. The van der Waals surface area contributed by atoms with Crippen molar-refractivity contribution in [2.24, 2.45) is 0 Å². The number of anilines is 2. The molecule has 1 atom stereocenters. The molecular weight excluding hydrogens is 492 g/mol. The van der Waals surface area contributed by atoms with Crippen LogP contribution in [0.5, 0.6) is 5.75 Å². The van der Waals surface area contributed by atoms with Gasteiger partial charge >= 0.3 is 0 Å². The SMILES string of the molecule is COc1cn(C2CC(O)C2)nc1Nc1nccc(-c2cccc(-c3cc(C4(O)CCN(C)C4=O)on3)n2)n1. The van der Waals surface area contributed by atoms with Crippen molar-refractivity contribution in [3.05, 3.63) is 48.5 Å². The van der Waals surface area contributed by atoms with Crippen molar-refractivity contribution < 1.29 is 24.3 Å². The minimum absolute atomic E-state index is 0.0902. The van der Waals surface area contributed by atoms with Crippen molar-refractivity contribution in [3.8, 4) is 28.5 Å². The number of pyridine rings is 1. The summed E-state index contributed by atoms with van der Waals surface area (Å²) in [5.74, 6) is 0.979. The smallest absolute Gasteiger partial charge is 0.262 e. The van der Waals surface area contributed by atoms with Crippen LogP contribution in [0.15, 0.2) is 47.2 Å². The number of nitrogens with zero attached hydrogens (tertiary/aromatic N) is 7. The molecule has 1 saturated carbocycles. The fraction of sp³-hybridized carbons (Fsp3) is 0.360. The van der Waals surface area contributed by atoms with Crippen LogP contribution in [-0.2, 0) is 10.4 Å². The second-order valence-electron chi connectivity index (χ2n) is 9.52. The first kappa shape index (κ1) is 24.0. The summed E-state index contributed by atoms with van der Waals surface area (Å²) in [6, 6.07) is 8.76. The molecule has 13 nitrogen and oxygen atoms in total. The zero-order valence-electron chi connectivity index (χ0n) is 20.8. The van der Waals surface area contributed by atoms with Crippen LogP contribution in [0.4, 0.5) is 11.8 Å². The number of hydrogen-bond acceptors (Lipinski definition) is 11. The van der Waals surface area contributed by atoms with Gasteiger partial charge in [0.05, 0.1) is 42.5 Å². The van der Waals surface area contributed by atoms with E-state index in [0.29, 0.717) is 59.7 Å². The van der Waals surface area contributed by atoms with Gasteiger partial charge in [-0.15, -0.1) is 0 Å². The van der Waals surface area contributed by atoms with E-state index in [4.69, 9.17) is 9.26 Å². The predicted molar refractivity (Wildman–Crippen MR) is 133 cm³/mol. The first-order valence-corrected chi connectivity index (χ1v) is 12.2. The molecule has 5 heterocycles. The van der Waals surface area contributed by atoms with E-state index in [9.17, 15) is 15.0 Å². The summed E-state index contributed by atoms with van der Waals surface area (Å²) >= 11 is 0. The summed E-state index contributed by atoms with van der Waals surface area (Å²) in [4.78, 5) is 27.4. The van der Waals surface area contributed by atoms with Gasteiger partial charge in [0.15, 0.2) is 17.3 Å². The molecule has 38 heavy (non-hydrogen) atoms. The van der Waals surface area contributed by atoms with Gasteiger partial charge in [-0.3, -0.25) is 9.48 Å². The Kier molecular flexibility index (Phi) is 5.80. The second kappa shape index (κ2) is 9.19. The Bertz CT molecular complexity index is 1500. The van der Waals surface area contributed by atoms with Crippen LogP contribution >= 0.6 is 0 Å². The van der Waals surface area contributed by atoms with Crippen molar-refractivity contribution >= 4 is 17.7 Å². The molecule has 0 radical (unpaired) electrons. The fourth-order valence-corrected chi connectivity index (χ4v) is 4.63. The van der Waals surface area contributed by atoms with E-state index in [-0.39, 0.29) is 24.3 Å². The molecule has 0 bridgehead atoms. The molecule has 0 aromatic carbocycles.